The Morgan fingerprint density at radius 1 is 1.56 bits per heavy atom. The van der Waals surface area contributed by atoms with Gasteiger partial charge in [-0.25, -0.2) is 19.7 Å². The maximum Gasteiger partial charge on any atom is 0.416 e. The Morgan fingerprint density at radius 2 is 2.28 bits per heavy atom. The highest BCUT2D eigenvalue weighted by molar-refractivity contribution is 6.09. The fourth-order valence-corrected chi connectivity index (χ4v) is 1.64. The highest BCUT2D eigenvalue weighted by Gasteiger charge is 2.36. The summed E-state index contributed by atoms with van der Waals surface area (Å²) in [7, 11) is 0. The number of carbonyl (C=O) groups excluding carboxylic acids is 2. The average Bonchev–Trinajstić information content (AvgIpc) is 2.29. The van der Waals surface area contributed by atoms with Crippen LogP contribution < -0.4 is 10.2 Å². The molecule has 0 saturated heterocycles. The van der Waals surface area contributed by atoms with Gasteiger partial charge >= 0.3 is 6.09 Å². The lowest BCUT2D eigenvalue weighted by molar-refractivity contribution is -0.117. The standard InChI is InChI=1S/C11H14N4O3/c1-6(2)18-11(17)15-7(3)10(16)14-8-4-12-5-13-9(8)15/h4-7H,1-3H3,(H,14,16)/t7-/m1/s1. The van der Waals surface area contributed by atoms with Crippen molar-refractivity contribution in [3.63, 3.8) is 0 Å². The van der Waals surface area contributed by atoms with Gasteiger partial charge in [0, 0.05) is 0 Å². The van der Waals surface area contributed by atoms with E-state index in [-0.39, 0.29) is 12.0 Å². The Morgan fingerprint density at radius 3 is 2.94 bits per heavy atom. The van der Waals surface area contributed by atoms with Gasteiger partial charge in [-0.05, 0) is 20.8 Å². The minimum atomic E-state index is -0.668. The first-order chi connectivity index (χ1) is 8.50. The Bertz CT molecular complexity index is 489. The topological polar surface area (TPSA) is 84.4 Å². The number of hydrogen-bond donors (Lipinski definition) is 1. The van der Waals surface area contributed by atoms with Gasteiger partial charge in [0.15, 0.2) is 5.82 Å². The van der Waals surface area contributed by atoms with Crippen molar-refractivity contribution < 1.29 is 14.3 Å². The Hall–Kier alpha value is -2.18. The van der Waals surface area contributed by atoms with E-state index in [2.05, 4.69) is 15.3 Å². The van der Waals surface area contributed by atoms with Crippen LogP contribution in [0.15, 0.2) is 12.5 Å². The molecule has 18 heavy (non-hydrogen) atoms. The van der Waals surface area contributed by atoms with Gasteiger partial charge in [-0.1, -0.05) is 0 Å². The van der Waals surface area contributed by atoms with Crippen LogP contribution in [0.3, 0.4) is 0 Å². The zero-order valence-corrected chi connectivity index (χ0v) is 10.4. The lowest BCUT2D eigenvalue weighted by atomic mass is 10.2. The van der Waals surface area contributed by atoms with Crippen molar-refractivity contribution in [2.24, 2.45) is 0 Å². The van der Waals surface area contributed by atoms with Crippen LogP contribution in [-0.2, 0) is 9.53 Å². The van der Waals surface area contributed by atoms with Crippen molar-refractivity contribution in [3.8, 4) is 0 Å². The van der Waals surface area contributed by atoms with Crippen LogP contribution in [0.5, 0.6) is 0 Å². The quantitative estimate of drug-likeness (QED) is 0.808. The first-order valence-corrected chi connectivity index (χ1v) is 5.61. The molecule has 1 atom stereocenters. The van der Waals surface area contributed by atoms with Crippen molar-refractivity contribution in [3.05, 3.63) is 12.5 Å². The third-order valence-corrected chi connectivity index (χ3v) is 2.48. The first-order valence-electron chi connectivity index (χ1n) is 5.61. The van der Waals surface area contributed by atoms with Crippen molar-refractivity contribution in [2.45, 2.75) is 32.9 Å². The SMILES string of the molecule is CC(C)OC(=O)N1c2ncncc2NC(=O)[C@H]1C. The summed E-state index contributed by atoms with van der Waals surface area (Å²) >= 11 is 0. The van der Waals surface area contributed by atoms with Crippen molar-refractivity contribution in [1.82, 2.24) is 9.97 Å². The van der Waals surface area contributed by atoms with E-state index in [0.717, 1.165) is 0 Å². The number of anilines is 2. The normalized spacial score (nSPS) is 18.3. The molecule has 1 aliphatic rings. The van der Waals surface area contributed by atoms with E-state index in [1.807, 2.05) is 0 Å². The summed E-state index contributed by atoms with van der Waals surface area (Å²) < 4.78 is 5.11. The van der Waals surface area contributed by atoms with Crippen LogP contribution in [0.25, 0.3) is 0 Å². The zero-order chi connectivity index (χ0) is 13.3. The minimum Gasteiger partial charge on any atom is -0.446 e. The molecule has 0 unspecified atom stereocenters. The summed E-state index contributed by atoms with van der Waals surface area (Å²) in [5, 5.41) is 2.63. The molecule has 1 N–H and O–H groups in total. The highest BCUT2D eigenvalue weighted by Crippen LogP contribution is 2.29. The smallest absolute Gasteiger partial charge is 0.416 e. The van der Waals surface area contributed by atoms with E-state index in [1.54, 1.807) is 20.8 Å². The predicted molar refractivity (Wildman–Crippen MR) is 64.2 cm³/mol. The summed E-state index contributed by atoms with van der Waals surface area (Å²) in [5.74, 6) is 0.0563. The fourth-order valence-electron chi connectivity index (χ4n) is 1.64. The van der Waals surface area contributed by atoms with Gasteiger partial charge in [0.05, 0.1) is 12.3 Å². The average molecular weight is 250 g/mol. The fraction of sp³-hybridized carbons (Fsp3) is 0.455. The number of fused-ring (bicyclic) bond motifs is 1. The summed E-state index contributed by atoms with van der Waals surface area (Å²) in [4.78, 5) is 32.8. The molecule has 0 fully saturated rings. The van der Waals surface area contributed by atoms with Crippen molar-refractivity contribution >= 4 is 23.5 Å². The largest absolute Gasteiger partial charge is 0.446 e. The third-order valence-electron chi connectivity index (χ3n) is 2.48. The van der Waals surface area contributed by atoms with Crippen LogP contribution in [0.1, 0.15) is 20.8 Å². The number of nitrogens with one attached hydrogen (secondary N) is 1. The molecule has 0 aliphatic carbocycles. The molecule has 1 aliphatic heterocycles. The molecule has 0 radical (unpaired) electrons. The Kier molecular flexibility index (Phi) is 3.14. The summed E-state index contributed by atoms with van der Waals surface area (Å²) in [6.45, 7) is 5.10. The van der Waals surface area contributed by atoms with Crippen LogP contribution in [0.2, 0.25) is 0 Å². The molecule has 0 spiro atoms. The molecule has 1 aromatic rings. The molecule has 0 bridgehead atoms. The number of ether oxygens (including phenoxy) is 1. The number of hydrogen-bond acceptors (Lipinski definition) is 5. The van der Waals surface area contributed by atoms with Crippen LogP contribution >= 0.6 is 0 Å². The first kappa shape index (κ1) is 12.3. The van der Waals surface area contributed by atoms with Crippen molar-refractivity contribution in [2.75, 3.05) is 10.2 Å². The third kappa shape index (κ3) is 2.11. The second kappa shape index (κ2) is 4.59. The van der Waals surface area contributed by atoms with Gasteiger partial charge in [-0.2, -0.15) is 0 Å². The summed E-state index contributed by atoms with van der Waals surface area (Å²) in [5.41, 5.74) is 0.404. The molecule has 2 heterocycles. The molecular formula is C11H14N4O3. The van der Waals surface area contributed by atoms with Gasteiger partial charge in [-0.3, -0.25) is 4.79 Å². The maximum absolute atomic E-state index is 12.0. The Balaban J connectivity index is 2.38. The van der Waals surface area contributed by atoms with Gasteiger partial charge < -0.3 is 10.1 Å². The number of amides is 2. The molecular weight excluding hydrogens is 236 g/mol. The lowest BCUT2D eigenvalue weighted by Gasteiger charge is -2.32. The van der Waals surface area contributed by atoms with Gasteiger partial charge in [0.25, 0.3) is 0 Å². The van der Waals surface area contributed by atoms with Crippen LogP contribution in [-0.4, -0.2) is 34.1 Å². The summed E-state index contributed by atoms with van der Waals surface area (Å²) in [6.07, 6.45) is 1.91. The monoisotopic (exact) mass is 250 g/mol. The zero-order valence-electron chi connectivity index (χ0n) is 10.4. The van der Waals surface area contributed by atoms with E-state index < -0.39 is 12.1 Å². The number of rotatable bonds is 1. The lowest BCUT2D eigenvalue weighted by Crippen LogP contribution is -2.50. The minimum absolute atomic E-state index is 0.264. The van der Waals surface area contributed by atoms with Crippen LogP contribution in [0.4, 0.5) is 16.3 Å². The van der Waals surface area contributed by atoms with E-state index in [0.29, 0.717) is 11.5 Å². The molecule has 0 aromatic carbocycles. The molecule has 0 saturated carbocycles. The number of nitrogens with zero attached hydrogens (tertiary/aromatic N) is 3. The van der Waals surface area contributed by atoms with E-state index in [4.69, 9.17) is 4.74 Å². The molecule has 96 valence electrons. The number of carbonyl (C=O) groups is 2. The van der Waals surface area contributed by atoms with Gasteiger partial charge in [0.1, 0.15) is 18.1 Å². The molecule has 1 aromatic heterocycles. The highest BCUT2D eigenvalue weighted by atomic mass is 16.6. The van der Waals surface area contributed by atoms with Gasteiger partial charge in [0.2, 0.25) is 5.91 Å². The van der Waals surface area contributed by atoms with E-state index >= 15 is 0 Å². The second-order valence-corrected chi connectivity index (χ2v) is 4.23. The summed E-state index contributed by atoms with van der Waals surface area (Å²) in [6, 6.07) is -0.668. The second-order valence-electron chi connectivity index (χ2n) is 4.23. The molecule has 2 rings (SSSR count). The van der Waals surface area contributed by atoms with E-state index in [1.165, 1.54) is 17.4 Å². The number of aromatic nitrogens is 2. The maximum atomic E-state index is 12.0. The molecule has 7 nitrogen and oxygen atoms in total. The van der Waals surface area contributed by atoms with Gasteiger partial charge in [-0.15, -0.1) is 0 Å². The molecule has 2 amide bonds. The van der Waals surface area contributed by atoms with E-state index in [9.17, 15) is 9.59 Å². The Labute approximate surface area is 104 Å². The molecule has 7 heteroatoms. The van der Waals surface area contributed by atoms with Crippen molar-refractivity contribution in [1.29, 1.82) is 0 Å². The van der Waals surface area contributed by atoms with Crippen LogP contribution in [0, 0.1) is 0 Å². The predicted octanol–water partition coefficient (Wildman–Crippen LogP) is 1.17.